The molecule has 4 heterocycles. The standard InChI is InChI=1S/C32H32F2N10O2S/c1-42(2)18-23-5-3-22(4-6-23)14-36-28-13-31(37-16-25(28)8-7-24-15-38-43(19-24)21-29(33)34)40-30-11-12-35-32(41-30)26-17-39-44(20-26)47(45,46)27-9-10-27/h3-6,11-13,15-17,19-20,27,29H,9-10,14,18,21H2,1-2H3,(H2,35,36,37,40,41). The number of hydrogen-bond acceptors (Lipinski definition) is 10. The van der Waals surface area contributed by atoms with Gasteiger partial charge in [0.15, 0.2) is 5.82 Å². The average molecular weight is 659 g/mol. The van der Waals surface area contributed by atoms with Crippen molar-refractivity contribution < 1.29 is 17.2 Å². The number of rotatable bonds is 12. The molecule has 1 aromatic carbocycles. The monoisotopic (exact) mass is 658 g/mol. The van der Waals surface area contributed by atoms with Crippen LogP contribution in [0.4, 0.5) is 26.1 Å². The fourth-order valence-corrected chi connectivity index (χ4v) is 6.16. The van der Waals surface area contributed by atoms with Gasteiger partial charge < -0.3 is 15.5 Å². The maximum absolute atomic E-state index is 12.8. The van der Waals surface area contributed by atoms with E-state index in [9.17, 15) is 17.2 Å². The Kier molecular flexibility index (Phi) is 9.23. The van der Waals surface area contributed by atoms with E-state index in [1.807, 2.05) is 14.1 Å². The van der Waals surface area contributed by atoms with Crippen LogP contribution < -0.4 is 10.6 Å². The molecule has 0 unspecified atom stereocenters. The number of alkyl halides is 2. The Balaban J connectivity index is 1.23. The van der Waals surface area contributed by atoms with Crippen LogP contribution in [0.1, 0.15) is 35.1 Å². The topological polar surface area (TPSA) is 136 Å². The summed E-state index contributed by atoms with van der Waals surface area (Å²) in [7, 11) is 0.537. The van der Waals surface area contributed by atoms with E-state index in [1.165, 1.54) is 30.4 Å². The smallest absolute Gasteiger partial charge is 0.257 e. The fraction of sp³-hybridized carbons (Fsp3) is 0.281. The van der Waals surface area contributed by atoms with Crippen LogP contribution in [0.15, 0.2) is 73.6 Å². The highest BCUT2D eigenvalue weighted by Gasteiger charge is 2.37. The summed E-state index contributed by atoms with van der Waals surface area (Å²) in [6.07, 6.45) is 7.69. The number of hydrogen-bond donors (Lipinski definition) is 2. The number of aromatic nitrogens is 7. The zero-order valence-corrected chi connectivity index (χ0v) is 26.5. The van der Waals surface area contributed by atoms with E-state index in [-0.39, 0.29) is 0 Å². The molecule has 2 N–H and O–H groups in total. The normalized spacial score (nSPS) is 13.1. The van der Waals surface area contributed by atoms with Crippen molar-refractivity contribution in [3.8, 4) is 23.2 Å². The van der Waals surface area contributed by atoms with Crippen molar-refractivity contribution in [2.45, 2.75) is 44.2 Å². The van der Waals surface area contributed by atoms with Crippen LogP contribution in [-0.2, 0) is 29.7 Å². The van der Waals surface area contributed by atoms with E-state index >= 15 is 0 Å². The molecule has 0 aliphatic heterocycles. The number of halogens is 2. The average Bonchev–Trinajstić information content (AvgIpc) is 3.62. The predicted octanol–water partition coefficient (Wildman–Crippen LogP) is 4.35. The molecule has 1 fully saturated rings. The summed E-state index contributed by atoms with van der Waals surface area (Å²) in [6.45, 7) is 0.849. The Hall–Kier alpha value is -5.20. The van der Waals surface area contributed by atoms with Crippen LogP contribution in [0.2, 0.25) is 0 Å². The van der Waals surface area contributed by atoms with E-state index < -0.39 is 28.2 Å². The lowest BCUT2D eigenvalue weighted by Gasteiger charge is -2.13. The van der Waals surface area contributed by atoms with Crippen LogP contribution >= 0.6 is 0 Å². The maximum Gasteiger partial charge on any atom is 0.257 e. The minimum atomic E-state index is -3.51. The van der Waals surface area contributed by atoms with Crippen molar-refractivity contribution in [3.05, 3.63) is 95.8 Å². The van der Waals surface area contributed by atoms with Gasteiger partial charge in [-0.2, -0.15) is 14.3 Å². The van der Waals surface area contributed by atoms with E-state index in [0.29, 0.717) is 59.2 Å². The molecule has 5 aromatic rings. The van der Waals surface area contributed by atoms with Gasteiger partial charge in [-0.1, -0.05) is 36.1 Å². The molecule has 0 spiro atoms. The van der Waals surface area contributed by atoms with Crippen LogP contribution in [0, 0.1) is 11.8 Å². The molecular weight excluding hydrogens is 626 g/mol. The molecule has 0 atom stereocenters. The molecule has 12 nitrogen and oxygen atoms in total. The van der Waals surface area contributed by atoms with Gasteiger partial charge >= 0.3 is 0 Å². The van der Waals surface area contributed by atoms with Crippen LogP contribution in [-0.4, -0.2) is 73.0 Å². The second-order valence-corrected chi connectivity index (χ2v) is 13.4. The fourth-order valence-electron chi connectivity index (χ4n) is 4.68. The van der Waals surface area contributed by atoms with Crippen molar-refractivity contribution in [1.82, 2.24) is 38.8 Å². The highest BCUT2D eigenvalue weighted by molar-refractivity contribution is 7.90. The lowest BCUT2D eigenvalue weighted by molar-refractivity contribution is 0.122. The first-order valence-corrected chi connectivity index (χ1v) is 16.3. The molecule has 0 saturated heterocycles. The second kappa shape index (κ2) is 13.7. The summed E-state index contributed by atoms with van der Waals surface area (Å²) < 4.78 is 52.8. The quantitative estimate of drug-likeness (QED) is 0.186. The third-order valence-corrected chi connectivity index (χ3v) is 9.18. The van der Waals surface area contributed by atoms with Gasteiger partial charge in [0, 0.05) is 37.7 Å². The molecule has 1 aliphatic rings. The number of nitrogens with zero attached hydrogens (tertiary/aromatic N) is 8. The summed E-state index contributed by atoms with van der Waals surface area (Å²) >= 11 is 0. The number of anilines is 3. The zero-order valence-electron chi connectivity index (χ0n) is 25.7. The van der Waals surface area contributed by atoms with Gasteiger partial charge in [-0.15, -0.1) is 0 Å². The molecule has 47 heavy (non-hydrogen) atoms. The van der Waals surface area contributed by atoms with Crippen molar-refractivity contribution in [1.29, 1.82) is 0 Å². The SMILES string of the molecule is CN(C)Cc1ccc(CNc2cc(Nc3ccnc(-c4cnn(S(=O)(=O)C5CC5)c4)n3)ncc2C#Cc2cnn(CC(F)F)c2)cc1. The molecule has 1 aliphatic carbocycles. The highest BCUT2D eigenvalue weighted by atomic mass is 32.2. The van der Waals surface area contributed by atoms with Crippen molar-refractivity contribution in [2.24, 2.45) is 0 Å². The van der Waals surface area contributed by atoms with Gasteiger partial charge in [0.1, 0.15) is 18.2 Å². The lowest BCUT2D eigenvalue weighted by Crippen LogP contribution is -2.17. The van der Waals surface area contributed by atoms with Gasteiger partial charge in [0.2, 0.25) is 0 Å². The van der Waals surface area contributed by atoms with Crippen LogP contribution in [0.5, 0.6) is 0 Å². The Morgan fingerprint density at radius 3 is 2.51 bits per heavy atom. The van der Waals surface area contributed by atoms with E-state index in [2.05, 4.69) is 76.8 Å². The molecule has 1 saturated carbocycles. The Morgan fingerprint density at radius 2 is 1.77 bits per heavy atom. The summed E-state index contributed by atoms with van der Waals surface area (Å²) in [6, 6.07) is 11.8. The summed E-state index contributed by atoms with van der Waals surface area (Å²) in [5.74, 6) is 7.28. The van der Waals surface area contributed by atoms with Crippen molar-refractivity contribution in [3.63, 3.8) is 0 Å². The summed E-state index contributed by atoms with van der Waals surface area (Å²) in [5.41, 5.74) is 4.51. The van der Waals surface area contributed by atoms with Gasteiger partial charge in [-0.05, 0) is 44.1 Å². The summed E-state index contributed by atoms with van der Waals surface area (Å²) in [5, 5.41) is 14.2. The molecule has 4 aromatic heterocycles. The van der Waals surface area contributed by atoms with Crippen LogP contribution in [0.25, 0.3) is 11.4 Å². The molecule has 0 bridgehead atoms. The first-order valence-electron chi connectivity index (χ1n) is 14.8. The molecule has 242 valence electrons. The predicted molar refractivity (Wildman–Crippen MR) is 173 cm³/mol. The van der Waals surface area contributed by atoms with Gasteiger partial charge in [0.05, 0.1) is 46.2 Å². The Labute approximate surface area is 270 Å². The van der Waals surface area contributed by atoms with E-state index in [4.69, 9.17) is 0 Å². The second-order valence-electron chi connectivity index (χ2n) is 11.4. The zero-order chi connectivity index (χ0) is 33.0. The molecule has 0 radical (unpaired) electrons. The number of pyridine rings is 1. The first kappa shape index (κ1) is 31.8. The minimum Gasteiger partial charge on any atom is -0.380 e. The third kappa shape index (κ3) is 8.15. The number of benzene rings is 1. The van der Waals surface area contributed by atoms with Crippen molar-refractivity contribution in [2.75, 3.05) is 24.7 Å². The molecular formula is C32H32F2N10O2S. The first-order chi connectivity index (χ1) is 22.6. The van der Waals surface area contributed by atoms with E-state index in [1.54, 1.807) is 24.5 Å². The minimum absolute atomic E-state index is 0.304. The lowest BCUT2D eigenvalue weighted by atomic mass is 10.1. The van der Waals surface area contributed by atoms with Gasteiger partial charge in [-0.25, -0.2) is 32.2 Å². The molecule has 0 amide bonds. The largest absolute Gasteiger partial charge is 0.380 e. The molecule has 6 rings (SSSR count). The van der Waals surface area contributed by atoms with Crippen molar-refractivity contribution >= 4 is 27.3 Å². The Morgan fingerprint density at radius 1 is 0.979 bits per heavy atom. The molecule has 15 heteroatoms. The Bertz CT molecular complexity index is 2030. The third-order valence-electron chi connectivity index (χ3n) is 7.14. The van der Waals surface area contributed by atoms with E-state index in [0.717, 1.165) is 20.9 Å². The van der Waals surface area contributed by atoms with Gasteiger partial charge in [-0.3, -0.25) is 4.68 Å². The maximum atomic E-state index is 12.8. The number of nitrogens with one attached hydrogen (secondary N) is 2. The highest BCUT2D eigenvalue weighted by Crippen LogP contribution is 2.30. The summed E-state index contributed by atoms with van der Waals surface area (Å²) in [4.78, 5) is 15.5. The van der Waals surface area contributed by atoms with Gasteiger partial charge in [0.25, 0.3) is 16.4 Å². The van der Waals surface area contributed by atoms with Crippen LogP contribution in [0.3, 0.4) is 0 Å².